The molecule has 1 aromatic heterocycles. The molecule has 8 heteroatoms. The maximum atomic E-state index is 12.2. The number of carbonyl (C=O) groups is 2. The molecule has 1 heterocycles. The van der Waals surface area contributed by atoms with Crippen LogP contribution in [0.2, 0.25) is 0 Å². The Morgan fingerprint density at radius 2 is 1.83 bits per heavy atom. The van der Waals surface area contributed by atoms with E-state index >= 15 is 0 Å². The summed E-state index contributed by atoms with van der Waals surface area (Å²) in [6.45, 7) is 2.93. The van der Waals surface area contributed by atoms with Gasteiger partial charge < -0.3 is 19.9 Å². The van der Waals surface area contributed by atoms with E-state index in [1.807, 2.05) is 6.92 Å². The molecule has 0 spiro atoms. The highest BCUT2D eigenvalue weighted by atomic mass is 16.5. The number of carbonyl (C=O) groups excluding carboxylic acids is 2. The lowest BCUT2D eigenvalue weighted by Gasteiger charge is -2.19. The van der Waals surface area contributed by atoms with Crippen LogP contribution in [-0.4, -0.2) is 39.4 Å². The number of benzene rings is 1. The zero-order chi connectivity index (χ0) is 21.4. The van der Waals surface area contributed by atoms with Gasteiger partial charge in [0.1, 0.15) is 18.4 Å². The van der Waals surface area contributed by atoms with E-state index in [9.17, 15) is 14.7 Å². The molecule has 150 valence electrons. The van der Waals surface area contributed by atoms with E-state index in [1.54, 1.807) is 18.2 Å². The van der Waals surface area contributed by atoms with Crippen molar-refractivity contribution in [2.75, 3.05) is 0 Å². The Morgan fingerprint density at radius 3 is 2.38 bits per heavy atom. The first kappa shape index (κ1) is 21.7. The molecule has 2 rings (SSSR count). The molecule has 0 aliphatic carbocycles. The number of hydrogen-bond acceptors (Lipinski definition) is 6. The second-order valence-corrected chi connectivity index (χ2v) is 6.12. The van der Waals surface area contributed by atoms with Crippen LogP contribution in [0.3, 0.4) is 0 Å². The van der Waals surface area contributed by atoms with Crippen LogP contribution in [0.1, 0.15) is 39.9 Å². The van der Waals surface area contributed by atoms with Gasteiger partial charge in [0.05, 0.1) is 6.10 Å². The van der Waals surface area contributed by atoms with Crippen LogP contribution in [-0.2, 0) is 11.4 Å². The maximum Gasteiger partial charge on any atom is 0.268 e. The summed E-state index contributed by atoms with van der Waals surface area (Å²) in [4.78, 5) is 23.7. The number of hydroxylamine groups is 1. The van der Waals surface area contributed by atoms with Gasteiger partial charge in [0.2, 0.25) is 0 Å². The van der Waals surface area contributed by atoms with Crippen LogP contribution < -0.4 is 10.8 Å². The van der Waals surface area contributed by atoms with Crippen molar-refractivity contribution < 1.29 is 29.4 Å². The zero-order valence-electron chi connectivity index (χ0n) is 15.8. The standard InChI is InChI=1S/C21H20N2O6/c1-13-11-17(29-18(13)12-24)6-4-3-5-15-7-9-16(10-8-15)20(26)22-19(14(2)25)21(27)23-28/h7-11,14,19,24-25,28H,12H2,1-2H3,(H,22,26)(H,23,27)/t14-,19+/m1/s1. The van der Waals surface area contributed by atoms with Gasteiger partial charge in [0, 0.05) is 11.1 Å². The number of furan rings is 1. The molecule has 0 saturated heterocycles. The minimum absolute atomic E-state index is 0.193. The summed E-state index contributed by atoms with van der Waals surface area (Å²) < 4.78 is 5.33. The minimum Gasteiger partial charge on any atom is -0.450 e. The highest BCUT2D eigenvalue weighted by molar-refractivity contribution is 5.97. The largest absolute Gasteiger partial charge is 0.450 e. The first-order valence-corrected chi connectivity index (χ1v) is 8.60. The van der Waals surface area contributed by atoms with Crippen molar-refractivity contribution >= 4 is 11.8 Å². The lowest BCUT2D eigenvalue weighted by atomic mass is 10.1. The Bertz CT molecular complexity index is 1000. The molecule has 2 atom stereocenters. The molecule has 0 saturated carbocycles. The number of amides is 2. The highest BCUT2D eigenvalue weighted by Gasteiger charge is 2.25. The van der Waals surface area contributed by atoms with Crippen molar-refractivity contribution in [3.05, 3.63) is 58.5 Å². The summed E-state index contributed by atoms with van der Waals surface area (Å²) in [5.41, 5.74) is 3.07. The maximum absolute atomic E-state index is 12.2. The molecule has 5 N–H and O–H groups in total. The van der Waals surface area contributed by atoms with Crippen LogP contribution in [0.5, 0.6) is 0 Å². The lowest BCUT2D eigenvalue weighted by molar-refractivity contribution is -0.133. The second-order valence-electron chi connectivity index (χ2n) is 6.12. The average molecular weight is 396 g/mol. The molecule has 0 aliphatic rings. The molecule has 8 nitrogen and oxygen atoms in total. The topological polar surface area (TPSA) is 132 Å². The van der Waals surface area contributed by atoms with E-state index in [0.29, 0.717) is 17.1 Å². The van der Waals surface area contributed by atoms with Crippen LogP contribution >= 0.6 is 0 Å². The Kier molecular flexibility index (Phi) is 7.58. The molecule has 1 aromatic carbocycles. The third-order valence-electron chi connectivity index (χ3n) is 3.93. The van der Waals surface area contributed by atoms with Gasteiger partial charge in [-0.1, -0.05) is 5.92 Å². The van der Waals surface area contributed by atoms with E-state index in [2.05, 4.69) is 29.0 Å². The van der Waals surface area contributed by atoms with E-state index < -0.39 is 24.0 Å². The normalized spacial score (nSPS) is 11.9. The lowest BCUT2D eigenvalue weighted by Crippen LogP contribution is -2.51. The summed E-state index contributed by atoms with van der Waals surface area (Å²) in [5, 5.41) is 29.6. The highest BCUT2D eigenvalue weighted by Crippen LogP contribution is 2.13. The first-order chi connectivity index (χ1) is 13.8. The van der Waals surface area contributed by atoms with Crippen LogP contribution in [0.25, 0.3) is 0 Å². The molecule has 2 amide bonds. The van der Waals surface area contributed by atoms with Crippen molar-refractivity contribution in [1.82, 2.24) is 10.8 Å². The fourth-order valence-corrected chi connectivity index (χ4v) is 2.34. The molecule has 0 unspecified atom stereocenters. The van der Waals surface area contributed by atoms with Crippen molar-refractivity contribution in [2.24, 2.45) is 0 Å². The molecule has 0 bridgehead atoms. The average Bonchev–Trinajstić information content (AvgIpc) is 3.08. The molecule has 29 heavy (non-hydrogen) atoms. The Balaban J connectivity index is 2.04. The van der Waals surface area contributed by atoms with Gasteiger partial charge in [-0.3, -0.25) is 14.8 Å². The molecule has 2 aromatic rings. The van der Waals surface area contributed by atoms with E-state index in [1.165, 1.54) is 24.5 Å². The Hall–Kier alpha value is -3.56. The summed E-state index contributed by atoms with van der Waals surface area (Å²) in [6, 6.07) is 6.64. The molecule has 0 fully saturated rings. The molecular weight excluding hydrogens is 376 g/mol. The number of rotatable bonds is 5. The van der Waals surface area contributed by atoms with E-state index in [4.69, 9.17) is 14.7 Å². The van der Waals surface area contributed by atoms with Crippen molar-refractivity contribution in [3.8, 4) is 23.7 Å². The van der Waals surface area contributed by atoms with Gasteiger partial charge in [-0.2, -0.15) is 0 Å². The van der Waals surface area contributed by atoms with Crippen LogP contribution in [0.15, 0.2) is 34.7 Å². The van der Waals surface area contributed by atoms with Crippen LogP contribution in [0, 0.1) is 30.6 Å². The predicted octanol–water partition coefficient (Wildman–Crippen LogP) is 0.468. The predicted molar refractivity (Wildman–Crippen MR) is 102 cm³/mol. The zero-order valence-corrected chi connectivity index (χ0v) is 15.8. The third kappa shape index (κ3) is 5.96. The number of aliphatic hydroxyl groups is 2. The number of aliphatic hydroxyl groups excluding tert-OH is 2. The van der Waals surface area contributed by atoms with Gasteiger partial charge in [0.15, 0.2) is 5.76 Å². The summed E-state index contributed by atoms with van der Waals surface area (Å²) in [5.74, 6) is 10.2. The van der Waals surface area contributed by atoms with E-state index in [-0.39, 0.29) is 12.2 Å². The smallest absolute Gasteiger partial charge is 0.268 e. The number of nitrogens with one attached hydrogen (secondary N) is 2. The van der Waals surface area contributed by atoms with Crippen LogP contribution in [0.4, 0.5) is 0 Å². The van der Waals surface area contributed by atoms with Crippen molar-refractivity contribution in [1.29, 1.82) is 0 Å². The monoisotopic (exact) mass is 396 g/mol. The Morgan fingerprint density at radius 1 is 1.17 bits per heavy atom. The van der Waals surface area contributed by atoms with Crippen molar-refractivity contribution in [2.45, 2.75) is 32.6 Å². The Labute approximate surface area is 167 Å². The summed E-state index contributed by atoms with van der Waals surface area (Å²) >= 11 is 0. The first-order valence-electron chi connectivity index (χ1n) is 8.60. The van der Waals surface area contributed by atoms with E-state index in [0.717, 1.165) is 5.56 Å². The quantitative estimate of drug-likeness (QED) is 0.284. The second kappa shape index (κ2) is 10.1. The summed E-state index contributed by atoms with van der Waals surface area (Å²) in [7, 11) is 0. The fourth-order valence-electron chi connectivity index (χ4n) is 2.34. The fraction of sp³-hybridized carbons (Fsp3) is 0.238. The van der Waals surface area contributed by atoms with Gasteiger partial charge in [-0.05, 0) is 67.5 Å². The van der Waals surface area contributed by atoms with Crippen molar-refractivity contribution in [3.63, 3.8) is 0 Å². The third-order valence-corrected chi connectivity index (χ3v) is 3.93. The summed E-state index contributed by atoms with van der Waals surface area (Å²) in [6.07, 6.45) is -1.19. The minimum atomic E-state index is -1.29. The SMILES string of the molecule is Cc1cc(C#CC#Cc2ccc(C(=O)N[C@H](C(=O)NO)[C@@H](C)O)cc2)oc1CO. The molecule has 0 aliphatic heterocycles. The number of hydrogen-bond donors (Lipinski definition) is 5. The van der Waals surface area contributed by atoms with Gasteiger partial charge in [-0.25, -0.2) is 5.48 Å². The van der Waals surface area contributed by atoms with Gasteiger partial charge in [0.25, 0.3) is 11.8 Å². The van der Waals surface area contributed by atoms with Gasteiger partial charge >= 0.3 is 0 Å². The van der Waals surface area contributed by atoms with Gasteiger partial charge in [-0.15, -0.1) is 0 Å². The number of aryl methyl sites for hydroxylation is 1. The molecular formula is C21H20N2O6. The molecule has 0 radical (unpaired) electrons.